The number of urea groups is 1. The zero-order chi connectivity index (χ0) is 15.1. The predicted octanol–water partition coefficient (Wildman–Crippen LogP) is 1.78. The molecule has 1 rings (SSSR count). The van der Waals surface area contributed by atoms with Crippen LogP contribution in [0.3, 0.4) is 0 Å². The van der Waals surface area contributed by atoms with E-state index in [0.717, 1.165) is 12.0 Å². The number of anilines is 1. The van der Waals surface area contributed by atoms with Crippen LogP contribution in [-0.2, 0) is 4.79 Å². The molecular formula is C14H21N3O3. The first kappa shape index (κ1) is 15.8. The summed E-state index contributed by atoms with van der Waals surface area (Å²) in [7, 11) is 0. The Labute approximate surface area is 118 Å². The van der Waals surface area contributed by atoms with Crippen molar-refractivity contribution in [2.75, 3.05) is 11.9 Å². The molecule has 0 bridgehead atoms. The summed E-state index contributed by atoms with van der Waals surface area (Å²) in [5.41, 5.74) is 6.69. The van der Waals surface area contributed by atoms with Crippen molar-refractivity contribution >= 4 is 17.6 Å². The maximum Gasteiger partial charge on any atom is 0.318 e. The highest BCUT2D eigenvalue weighted by Gasteiger charge is 2.16. The highest BCUT2D eigenvalue weighted by molar-refractivity contribution is 5.97. The summed E-state index contributed by atoms with van der Waals surface area (Å²) in [5, 5.41) is 5.04. The van der Waals surface area contributed by atoms with Gasteiger partial charge in [-0.15, -0.1) is 0 Å². The normalized spacial score (nSPS) is 11.6. The molecule has 1 unspecified atom stereocenters. The molecule has 0 heterocycles. The van der Waals surface area contributed by atoms with Crippen LogP contribution in [0.25, 0.3) is 0 Å². The van der Waals surface area contributed by atoms with Crippen LogP contribution in [0.15, 0.2) is 18.2 Å². The number of imide groups is 1. The average molecular weight is 279 g/mol. The lowest BCUT2D eigenvalue weighted by atomic mass is 10.2. The van der Waals surface area contributed by atoms with E-state index in [2.05, 4.69) is 5.32 Å². The van der Waals surface area contributed by atoms with Gasteiger partial charge in [-0.25, -0.2) is 4.79 Å². The van der Waals surface area contributed by atoms with E-state index in [1.165, 1.54) is 0 Å². The van der Waals surface area contributed by atoms with Gasteiger partial charge in [-0.3, -0.25) is 10.1 Å². The molecule has 0 aliphatic carbocycles. The van der Waals surface area contributed by atoms with Crippen molar-refractivity contribution in [1.82, 2.24) is 5.32 Å². The van der Waals surface area contributed by atoms with Crippen LogP contribution in [0.4, 0.5) is 10.5 Å². The molecule has 1 aromatic carbocycles. The van der Waals surface area contributed by atoms with E-state index in [0.29, 0.717) is 18.0 Å². The summed E-state index contributed by atoms with van der Waals surface area (Å²) in [6.45, 7) is 6.22. The average Bonchev–Trinajstić information content (AvgIpc) is 2.38. The summed E-state index contributed by atoms with van der Waals surface area (Å²) >= 11 is 0. The third-order valence-corrected chi connectivity index (χ3v) is 2.61. The molecule has 0 radical (unpaired) electrons. The Morgan fingerprint density at radius 1 is 1.40 bits per heavy atom. The number of aryl methyl sites for hydroxylation is 1. The third kappa shape index (κ3) is 4.79. The summed E-state index contributed by atoms with van der Waals surface area (Å²) in [6.07, 6.45) is 0.894. The van der Waals surface area contributed by atoms with Crippen molar-refractivity contribution in [3.05, 3.63) is 23.8 Å². The van der Waals surface area contributed by atoms with Crippen LogP contribution in [0, 0.1) is 6.92 Å². The van der Waals surface area contributed by atoms with Crippen molar-refractivity contribution in [1.29, 1.82) is 0 Å². The second kappa shape index (κ2) is 7.37. The Balaban J connectivity index is 2.79. The van der Waals surface area contributed by atoms with Crippen LogP contribution in [0.1, 0.15) is 25.8 Å². The van der Waals surface area contributed by atoms with E-state index in [9.17, 15) is 9.59 Å². The molecule has 0 aliphatic rings. The van der Waals surface area contributed by atoms with Crippen molar-refractivity contribution in [3.63, 3.8) is 0 Å². The van der Waals surface area contributed by atoms with Crippen molar-refractivity contribution in [2.24, 2.45) is 5.73 Å². The summed E-state index contributed by atoms with van der Waals surface area (Å²) in [6, 6.07) is 4.19. The van der Waals surface area contributed by atoms with Gasteiger partial charge < -0.3 is 15.8 Å². The summed E-state index contributed by atoms with van der Waals surface area (Å²) in [4.78, 5) is 22.3. The van der Waals surface area contributed by atoms with Gasteiger partial charge in [-0.2, -0.15) is 0 Å². The topological polar surface area (TPSA) is 93.4 Å². The van der Waals surface area contributed by atoms with E-state index in [4.69, 9.17) is 10.5 Å². The molecular weight excluding hydrogens is 258 g/mol. The largest absolute Gasteiger partial charge is 0.491 e. The number of hydrogen-bond donors (Lipinski definition) is 3. The highest BCUT2D eigenvalue weighted by Crippen LogP contribution is 2.26. The van der Waals surface area contributed by atoms with Crippen molar-refractivity contribution in [3.8, 4) is 5.75 Å². The second-order valence-electron chi connectivity index (χ2n) is 4.57. The smallest absolute Gasteiger partial charge is 0.318 e. The minimum Gasteiger partial charge on any atom is -0.491 e. The third-order valence-electron chi connectivity index (χ3n) is 2.61. The highest BCUT2D eigenvalue weighted by atomic mass is 16.5. The number of benzene rings is 1. The fraction of sp³-hybridized carbons (Fsp3) is 0.429. The van der Waals surface area contributed by atoms with Gasteiger partial charge in [0.05, 0.1) is 12.3 Å². The minimum absolute atomic E-state index is 0.487. The number of carbonyl (C=O) groups is 2. The Bertz CT molecular complexity index is 489. The molecule has 0 saturated heterocycles. The molecule has 0 aromatic heterocycles. The summed E-state index contributed by atoms with van der Waals surface area (Å²) < 4.78 is 5.64. The molecule has 0 fully saturated rings. The first-order valence-corrected chi connectivity index (χ1v) is 6.54. The number of primary amides is 1. The van der Waals surface area contributed by atoms with E-state index in [1.54, 1.807) is 6.92 Å². The number of rotatable bonds is 6. The van der Waals surface area contributed by atoms with Crippen molar-refractivity contribution in [2.45, 2.75) is 33.2 Å². The maximum absolute atomic E-state index is 11.6. The van der Waals surface area contributed by atoms with Gasteiger partial charge in [-0.1, -0.05) is 13.0 Å². The standard InChI is InChI=1S/C14H21N3O3/c1-4-7-20-12-8-9(2)5-6-11(12)16-10(3)13(18)17-14(15)19/h5-6,8,10,16H,4,7H2,1-3H3,(H3,15,17,18,19). The number of nitrogens with one attached hydrogen (secondary N) is 2. The quantitative estimate of drug-likeness (QED) is 0.740. The molecule has 3 amide bonds. The zero-order valence-corrected chi connectivity index (χ0v) is 12.0. The van der Waals surface area contributed by atoms with Crippen LogP contribution in [-0.4, -0.2) is 24.6 Å². The van der Waals surface area contributed by atoms with Gasteiger partial charge in [0.15, 0.2) is 0 Å². The fourth-order valence-electron chi connectivity index (χ4n) is 1.61. The SMILES string of the molecule is CCCOc1cc(C)ccc1NC(C)C(=O)NC(N)=O. The van der Waals surface area contributed by atoms with Crippen LogP contribution in [0.5, 0.6) is 5.75 Å². The van der Waals surface area contributed by atoms with E-state index < -0.39 is 18.0 Å². The first-order valence-electron chi connectivity index (χ1n) is 6.54. The van der Waals surface area contributed by atoms with E-state index in [1.807, 2.05) is 37.4 Å². The second-order valence-corrected chi connectivity index (χ2v) is 4.57. The van der Waals surface area contributed by atoms with Gasteiger partial charge in [0, 0.05) is 0 Å². The Morgan fingerprint density at radius 3 is 2.70 bits per heavy atom. The molecule has 0 spiro atoms. The van der Waals surface area contributed by atoms with Crippen molar-refractivity contribution < 1.29 is 14.3 Å². The maximum atomic E-state index is 11.6. The Kier molecular flexibility index (Phi) is 5.83. The van der Waals surface area contributed by atoms with E-state index >= 15 is 0 Å². The van der Waals surface area contributed by atoms with Crippen LogP contribution in [0.2, 0.25) is 0 Å². The monoisotopic (exact) mass is 279 g/mol. The molecule has 0 saturated carbocycles. The van der Waals surface area contributed by atoms with Gasteiger partial charge in [0.1, 0.15) is 11.8 Å². The predicted molar refractivity (Wildman–Crippen MR) is 77.8 cm³/mol. The molecule has 0 aliphatic heterocycles. The molecule has 110 valence electrons. The van der Waals surface area contributed by atoms with Crippen LogP contribution < -0.4 is 21.1 Å². The fourth-order valence-corrected chi connectivity index (χ4v) is 1.61. The molecule has 1 atom stereocenters. The summed E-state index contributed by atoms with van der Waals surface area (Å²) in [5.74, 6) is 0.199. The van der Waals surface area contributed by atoms with Gasteiger partial charge in [0.2, 0.25) is 5.91 Å². The Morgan fingerprint density at radius 2 is 2.10 bits per heavy atom. The van der Waals surface area contributed by atoms with E-state index in [-0.39, 0.29) is 0 Å². The number of nitrogens with two attached hydrogens (primary N) is 1. The lowest BCUT2D eigenvalue weighted by Gasteiger charge is -2.17. The van der Waals surface area contributed by atoms with Gasteiger partial charge >= 0.3 is 6.03 Å². The molecule has 20 heavy (non-hydrogen) atoms. The number of hydrogen-bond acceptors (Lipinski definition) is 4. The first-order chi connectivity index (χ1) is 9.43. The number of ether oxygens (including phenoxy) is 1. The van der Waals surface area contributed by atoms with Gasteiger partial charge in [-0.05, 0) is 38.0 Å². The molecule has 4 N–H and O–H groups in total. The molecule has 6 nitrogen and oxygen atoms in total. The molecule has 1 aromatic rings. The molecule has 6 heteroatoms. The van der Waals surface area contributed by atoms with Crippen LogP contribution >= 0.6 is 0 Å². The zero-order valence-electron chi connectivity index (χ0n) is 12.0. The number of amides is 3. The minimum atomic E-state index is -0.866. The number of carbonyl (C=O) groups excluding carboxylic acids is 2. The Hall–Kier alpha value is -2.24. The lowest BCUT2D eigenvalue weighted by molar-refractivity contribution is -0.120. The van der Waals surface area contributed by atoms with Gasteiger partial charge in [0.25, 0.3) is 0 Å². The lowest BCUT2D eigenvalue weighted by Crippen LogP contribution is -2.43.